The second-order valence-electron chi connectivity index (χ2n) is 4.14. The van der Waals surface area contributed by atoms with Crippen molar-refractivity contribution in [3.63, 3.8) is 0 Å². The minimum absolute atomic E-state index is 0.0466. The smallest absolute Gasteiger partial charge is 0.254 e. The molecule has 8 heteroatoms. The molecule has 0 aliphatic heterocycles. The van der Waals surface area contributed by atoms with Crippen molar-refractivity contribution < 1.29 is 4.79 Å². The van der Waals surface area contributed by atoms with Crippen molar-refractivity contribution in [3.05, 3.63) is 40.7 Å². The van der Waals surface area contributed by atoms with Crippen LogP contribution >= 0.6 is 23.2 Å². The number of halogens is 2. The molecule has 106 valence electrons. The summed E-state index contributed by atoms with van der Waals surface area (Å²) in [5.41, 5.74) is 0.237. The van der Waals surface area contributed by atoms with E-state index in [1.807, 2.05) is 10.8 Å². The first-order valence-corrected chi connectivity index (χ1v) is 6.85. The molecule has 0 saturated carbocycles. The molecule has 2 aromatic rings. The van der Waals surface area contributed by atoms with E-state index in [1.54, 1.807) is 12.5 Å². The van der Waals surface area contributed by atoms with Crippen LogP contribution in [0, 0.1) is 0 Å². The van der Waals surface area contributed by atoms with Crippen LogP contribution in [-0.2, 0) is 6.54 Å². The number of nitrogens with one attached hydrogen (secondary N) is 1. The lowest BCUT2D eigenvalue weighted by Crippen LogP contribution is -2.25. The summed E-state index contributed by atoms with van der Waals surface area (Å²) in [6.45, 7) is 1.43. The van der Waals surface area contributed by atoms with Gasteiger partial charge in [-0.25, -0.2) is 4.98 Å². The first-order chi connectivity index (χ1) is 9.66. The quantitative estimate of drug-likeness (QED) is 0.830. The monoisotopic (exact) mass is 313 g/mol. The van der Waals surface area contributed by atoms with Crippen LogP contribution in [0.25, 0.3) is 0 Å². The molecule has 2 rings (SSSR count). The highest BCUT2D eigenvalue weighted by atomic mass is 35.5. The molecule has 2 aromatic heterocycles. The first kappa shape index (κ1) is 14.7. The number of carbonyl (C=O) groups is 1. The largest absolute Gasteiger partial charge is 0.352 e. The van der Waals surface area contributed by atoms with Gasteiger partial charge in [-0.05, 0) is 18.9 Å². The van der Waals surface area contributed by atoms with Crippen molar-refractivity contribution >= 4 is 29.1 Å². The van der Waals surface area contributed by atoms with E-state index >= 15 is 0 Å². The summed E-state index contributed by atoms with van der Waals surface area (Å²) in [4.78, 5) is 15.8. The minimum atomic E-state index is -0.297. The average Bonchev–Trinajstić information content (AvgIpc) is 2.94. The number of imidazole rings is 1. The predicted octanol–water partition coefficient (Wildman–Crippen LogP) is 2.19. The number of unbranched alkanes of at least 4 members (excludes halogenated alkanes) is 1. The van der Waals surface area contributed by atoms with Gasteiger partial charge in [0.1, 0.15) is 0 Å². The molecular formula is C12H13Cl2N5O. The maximum Gasteiger partial charge on any atom is 0.254 e. The van der Waals surface area contributed by atoms with E-state index in [9.17, 15) is 4.79 Å². The summed E-state index contributed by atoms with van der Waals surface area (Å²) in [5.74, 6) is -0.297. The lowest BCUT2D eigenvalue weighted by molar-refractivity contribution is 0.0952. The van der Waals surface area contributed by atoms with Crippen LogP contribution in [0.2, 0.25) is 10.3 Å². The van der Waals surface area contributed by atoms with E-state index in [2.05, 4.69) is 20.5 Å². The van der Waals surface area contributed by atoms with Gasteiger partial charge in [0.25, 0.3) is 5.91 Å². The molecule has 0 aliphatic rings. The van der Waals surface area contributed by atoms with Gasteiger partial charge in [0.05, 0.1) is 11.9 Å². The number of carbonyl (C=O) groups excluding carboxylic acids is 1. The second-order valence-corrected chi connectivity index (χ2v) is 4.88. The fourth-order valence-electron chi connectivity index (χ4n) is 1.65. The molecule has 0 fully saturated rings. The number of hydrogen-bond donors (Lipinski definition) is 1. The summed E-state index contributed by atoms with van der Waals surface area (Å²) in [6, 6.07) is 1.40. The summed E-state index contributed by atoms with van der Waals surface area (Å²) in [5, 5.41) is 10.1. The maximum atomic E-state index is 11.9. The first-order valence-electron chi connectivity index (χ1n) is 6.09. The predicted molar refractivity (Wildman–Crippen MR) is 75.8 cm³/mol. The molecule has 0 aliphatic carbocycles. The van der Waals surface area contributed by atoms with E-state index in [1.165, 1.54) is 6.07 Å². The molecule has 0 bridgehead atoms. The normalized spacial score (nSPS) is 10.5. The Labute approximate surface area is 126 Å². The van der Waals surface area contributed by atoms with Crippen molar-refractivity contribution in [2.45, 2.75) is 19.4 Å². The highest BCUT2D eigenvalue weighted by Gasteiger charge is 2.12. The molecule has 0 spiro atoms. The Morgan fingerprint density at radius 3 is 2.90 bits per heavy atom. The topological polar surface area (TPSA) is 72.7 Å². The maximum absolute atomic E-state index is 11.9. The Hall–Kier alpha value is -1.66. The van der Waals surface area contributed by atoms with Gasteiger partial charge in [-0.1, -0.05) is 23.2 Å². The van der Waals surface area contributed by atoms with Gasteiger partial charge in [-0.15, -0.1) is 10.2 Å². The van der Waals surface area contributed by atoms with Crippen LogP contribution in [0.3, 0.4) is 0 Å². The van der Waals surface area contributed by atoms with E-state index in [0.717, 1.165) is 19.4 Å². The number of nitrogens with zero attached hydrogens (tertiary/aromatic N) is 4. The zero-order valence-corrected chi connectivity index (χ0v) is 12.1. The van der Waals surface area contributed by atoms with Crippen molar-refractivity contribution in [1.29, 1.82) is 0 Å². The van der Waals surface area contributed by atoms with Crippen LogP contribution in [0.4, 0.5) is 0 Å². The summed E-state index contributed by atoms with van der Waals surface area (Å²) in [7, 11) is 0. The third kappa shape index (κ3) is 4.18. The average molecular weight is 314 g/mol. The Morgan fingerprint density at radius 1 is 1.30 bits per heavy atom. The Morgan fingerprint density at radius 2 is 2.15 bits per heavy atom. The third-order valence-corrected chi connectivity index (χ3v) is 3.12. The summed E-state index contributed by atoms with van der Waals surface area (Å²) >= 11 is 11.5. The van der Waals surface area contributed by atoms with Crippen LogP contribution in [0.15, 0.2) is 24.8 Å². The van der Waals surface area contributed by atoms with Gasteiger partial charge in [0, 0.05) is 25.5 Å². The van der Waals surface area contributed by atoms with Crippen LogP contribution in [0.5, 0.6) is 0 Å². The molecule has 0 unspecified atom stereocenters. The summed E-state index contributed by atoms with van der Waals surface area (Å²) in [6.07, 6.45) is 7.21. The zero-order chi connectivity index (χ0) is 14.4. The van der Waals surface area contributed by atoms with Crippen LogP contribution < -0.4 is 5.32 Å². The Kier molecular flexibility index (Phi) is 5.31. The van der Waals surface area contributed by atoms with Gasteiger partial charge in [-0.3, -0.25) is 4.79 Å². The van der Waals surface area contributed by atoms with E-state index in [4.69, 9.17) is 23.2 Å². The van der Waals surface area contributed by atoms with Crippen LogP contribution in [-0.4, -0.2) is 32.2 Å². The fraction of sp³-hybridized carbons (Fsp3) is 0.333. The Balaban J connectivity index is 1.73. The lowest BCUT2D eigenvalue weighted by Gasteiger charge is -2.06. The molecule has 1 amide bonds. The highest BCUT2D eigenvalue weighted by Crippen LogP contribution is 2.14. The lowest BCUT2D eigenvalue weighted by atomic mass is 10.2. The molecule has 6 nitrogen and oxygen atoms in total. The molecule has 0 aromatic carbocycles. The van der Waals surface area contributed by atoms with Crippen molar-refractivity contribution in [3.8, 4) is 0 Å². The fourth-order valence-corrected chi connectivity index (χ4v) is 1.97. The number of rotatable bonds is 6. The SMILES string of the molecule is O=C(NCCCCn1ccnc1)c1cc(Cl)nnc1Cl. The number of amides is 1. The number of hydrogen-bond acceptors (Lipinski definition) is 4. The zero-order valence-electron chi connectivity index (χ0n) is 10.6. The van der Waals surface area contributed by atoms with Gasteiger partial charge in [0.2, 0.25) is 0 Å². The van der Waals surface area contributed by atoms with Crippen molar-refractivity contribution in [2.24, 2.45) is 0 Å². The van der Waals surface area contributed by atoms with Gasteiger partial charge >= 0.3 is 0 Å². The second kappa shape index (κ2) is 7.21. The standard InChI is InChI=1S/C12H13Cl2N5O/c13-10-7-9(11(14)18-17-10)12(20)16-3-1-2-5-19-6-4-15-8-19/h4,6-8H,1-3,5H2,(H,16,20). The van der Waals surface area contributed by atoms with Gasteiger partial charge < -0.3 is 9.88 Å². The van der Waals surface area contributed by atoms with E-state index in [0.29, 0.717) is 6.54 Å². The summed E-state index contributed by atoms with van der Waals surface area (Å²) < 4.78 is 1.99. The van der Waals surface area contributed by atoms with E-state index in [-0.39, 0.29) is 21.8 Å². The molecule has 1 N–H and O–H groups in total. The molecule has 0 saturated heterocycles. The number of aryl methyl sites for hydroxylation is 1. The molecule has 2 heterocycles. The van der Waals surface area contributed by atoms with Crippen LogP contribution in [0.1, 0.15) is 23.2 Å². The number of aromatic nitrogens is 4. The molecule has 0 atom stereocenters. The van der Waals surface area contributed by atoms with Crippen molar-refractivity contribution in [2.75, 3.05) is 6.54 Å². The molecule has 20 heavy (non-hydrogen) atoms. The van der Waals surface area contributed by atoms with E-state index < -0.39 is 0 Å². The van der Waals surface area contributed by atoms with Crippen molar-refractivity contribution in [1.82, 2.24) is 25.1 Å². The minimum Gasteiger partial charge on any atom is -0.352 e. The Bertz CT molecular complexity index is 573. The third-order valence-electron chi connectivity index (χ3n) is 2.65. The molecule has 0 radical (unpaired) electrons. The highest BCUT2D eigenvalue weighted by molar-refractivity contribution is 6.34. The molecular weight excluding hydrogens is 301 g/mol. The van der Waals surface area contributed by atoms with Gasteiger partial charge in [0.15, 0.2) is 10.3 Å². The van der Waals surface area contributed by atoms with Gasteiger partial charge in [-0.2, -0.15) is 0 Å².